The van der Waals surface area contributed by atoms with E-state index in [1.54, 1.807) is 0 Å². The lowest BCUT2D eigenvalue weighted by molar-refractivity contribution is 0.113. The first-order valence-electron chi connectivity index (χ1n) is 10.0. The van der Waals surface area contributed by atoms with Gasteiger partial charge in [-0.2, -0.15) is 5.10 Å². The van der Waals surface area contributed by atoms with E-state index in [2.05, 4.69) is 40.7 Å². The number of nitrogens with zero attached hydrogens (tertiary/aromatic N) is 3. The van der Waals surface area contributed by atoms with E-state index in [1.807, 2.05) is 48.1 Å². The van der Waals surface area contributed by atoms with Gasteiger partial charge in [0.15, 0.2) is 5.11 Å². The molecule has 29 heavy (non-hydrogen) atoms. The third-order valence-electron chi connectivity index (χ3n) is 5.12. The van der Waals surface area contributed by atoms with Crippen LogP contribution in [0.25, 0.3) is 16.9 Å². The van der Waals surface area contributed by atoms with Crippen LogP contribution in [0.2, 0.25) is 0 Å². The zero-order valence-corrected chi connectivity index (χ0v) is 17.4. The van der Waals surface area contributed by atoms with E-state index >= 15 is 0 Å². The third kappa shape index (κ3) is 4.83. The van der Waals surface area contributed by atoms with Gasteiger partial charge in [0.05, 0.1) is 17.5 Å². The Balaban J connectivity index is 1.53. The molecule has 0 aliphatic carbocycles. The van der Waals surface area contributed by atoms with Gasteiger partial charge in [0.2, 0.25) is 0 Å². The molecule has 1 aliphatic rings. The minimum Gasteiger partial charge on any atom is -0.376 e. The number of hydrogen-bond acceptors (Lipinski definition) is 3. The maximum atomic E-state index is 5.68. The van der Waals surface area contributed by atoms with Gasteiger partial charge in [-0.25, -0.2) is 4.68 Å². The number of para-hydroxylation sites is 1. The van der Waals surface area contributed by atoms with E-state index in [1.165, 1.54) is 0 Å². The topological polar surface area (TPSA) is 42.3 Å². The van der Waals surface area contributed by atoms with Gasteiger partial charge in [0.1, 0.15) is 0 Å². The third-order valence-corrected chi connectivity index (χ3v) is 5.57. The van der Waals surface area contributed by atoms with Gasteiger partial charge in [-0.3, -0.25) is 0 Å². The van der Waals surface area contributed by atoms with Crippen molar-refractivity contribution in [1.29, 1.82) is 0 Å². The second-order valence-electron chi connectivity index (χ2n) is 7.33. The average molecular weight is 407 g/mol. The smallest absolute Gasteiger partial charge is 0.169 e. The summed E-state index contributed by atoms with van der Waals surface area (Å²) >= 11 is 5.60. The number of benzene rings is 2. The first-order valence-corrected chi connectivity index (χ1v) is 10.4. The standard InChI is InChI=1S/C23H26N4OS/c1-26(23(29)24-15-21-13-8-14-28-21)16-19-17-27(20-11-6-3-7-12-20)25-22(19)18-9-4-2-5-10-18/h2-7,9-12,17,21H,8,13-16H2,1H3,(H,24,29)/t21-/m0/s1. The molecule has 0 spiro atoms. The van der Waals surface area contributed by atoms with Crippen LogP contribution in [0.15, 0.2) is 66.9 Å². The van der Waals surface area contributed by atoms with Crippen LogP contribution in [0.4, 0.5) is 0 Å². The maximum Gasteiger partial charge on any atom is 0.169 e. The largest absolute Gasteiger partial charge is 0.376 e. The number of nitrogens with one attached hydrogen (secondary N) is 1. The van der Waals surface area contributed by atoms with Gasteiger partial charge in [0, 0.05) is 44.1 Å². The fourth-order valence-corrected chi connectivity index (χ4v) is 3.69. The Bertz CT molecular complexity index is 936. The van der Waals surface area contributed by atoms with Crippen LogP contribution < -0.4 is 5.32 Å². The highest BCUT2D eigenvalue weighted by Crippen LogP contribution is 2.24. The molecule has 0 amide bonds. The number of thiocarbonyl (C=S) groups is 1. The summed E-state index contributed by atoms with van der Waals surface area (Å²) in [6.45, 7) is 2.29. The first-order chi connectivity index (χ1) is 14.2. The summed E-state index contributed by atoms with van der Waals surface area (Å²) in [5.41, 5.74) is 4.24. The highest BCUT2D eigenvalue weighted by Gasteiger charge is 2.18. The summed E-state index contributed by atoms with van der Waals surface area (Å²) in [7, 11) is 2.01. The van der Waals surface area contributed by atoms with Crippen LogP contribution >= 0.6 is 12.2 Å². The molecule has 2 heterocycles. The molecule has 1 N–H and O–H groups in total. The number of ether oxygens (including phenoxy) is 1. The quantitative estimate of drug-likeness (QED) is 0.626. The van der Waals surface area contributed by atoms with E-state index in [0.717, 1.165) is 53.6 Å². The molecule has 0 saturated carbocycles. The summed E-state index contributed by atoms with van der Waals surface area (Å²) in [6, 6.07) is 20.5. The number of rotatable bonds is 6. The van der Waals surface area contributed by atoms with Gasteiger partial charge >= 0.3 is 0 Å². The molecule has 0 bridgehead atoms. The Morgan fingerprint density at radius 1 is 1.17 bits per heavy atom. The molecule has 0 radical (unpaired) electrons. The lowest BCUT2D eigenvalue weighted by Crippen LogP contribution is -2.40. The monoisotopic (exact) mass is 406 g/mol. The molecule has 5 nitrogen and oxygen atoms in total. The number of aromatic nitrogens is 2. The van der Waals surface area contributed by atoms with Crippen molar-refractivity contribution in [3.05, 3.63) is 72.4 Å². The summed E-state index contributed by atoms with van der Waals surface area (Å²) in [5, 5.41) is 8.95. The van der Waals surface area contributed by atoms with Gasteiger partial charge in [-0.15, -0.1) is 0 Å². The molecule has 2 aromatic carbocycles. The molecule has 6 heteroatoms. The normalized spacial score (nSPS) is 16.0. The van der Waals surface area contributed by atoms with Crippen LogP contribution in [0, 0.1) is 0 Å². The molecular formula is C23H26N4OS. The van der Waals surface area contributed by atoms with Crippen LogP contribution in [0.5, 0.6) is 0 Å². The van der Waals surface area contributed by atoms with Crippen LogP contribution in [0.3, 0.4) is 0 Å². The molecule has 1 atom stereocenters. The molecule has 0 unspecified atom stereocenters. The maximum absolute atomic E-state index is 5.68. The van der Waals surface area contributed by atoms with Crippen molar-refractivity contribution in [1.82, 2.24) is 20.0 Å². The van der Waals surface area contributed by atoms with E-state index in [0.29, 0.717) is 6.54 Å². The highest BCUT2D eigenvalue weighted by atomic mass is 32.1. The fraction of sp³-hybridized carbons (Fsp3) is 0.304. The van der Waals surface area contributed by atoms with Crippen molar-refractivity contribution in [2.24, 2.45) is 0 Å². The summed E-state index contributed by atoms with van der Waals surface area (Å²) in [4.78, 5) is 2.06. The predicted molar refractivity (Wildman–Crippen MR) is 120 cm³/mol. The van der Waals surface area contributed by atoms with E-state index in [4.69, 9.17) is 22.1 Å². The second kappa shape index (κ2) is 9.20. The molecule has 1 saturated heterocycles. The van der Waals surface area contributed by atoms with Crippen molar-refractivity contribution in [3.8, 4) is 16.9 Å². The minimum atomic E-state index is 0.266. The number of hydrogen-bond donors (Lipinski definition) is 1. The van der Waals surface area contributed by atoms with Crippen LogP contribution in [-0.4, -0.2) is 46.1 Å². The van der Waals surface area contributed by atoms with Crippen molar-refractivity contribution in [2.45, 2.75) is 25.5 Å². The molecule has 1 aromatic heterocycles. The average Bonchev–Trinajstić information content (AvgIpc) is 3.43. The summed E-state index contributed by atoms with van der Waals surface area (Å²) in [5.74, 6) is 0. The van der Waals surface area contributed by atoms with Crippen molar-refractivity contribution < 1.29 is 4.74 Å². The van der Waals surface area contributed by atoms with E-state index in [9.17, 15) is 0 Å². The SMILES string of the molecule is CN(Cc1cn(-c2ccccc2)nc1-c1ccccc1)C(=S)NC[C@@H]1CCCO1. The van der Waals surface area contributed by atoms with E-state index < -0.39 is 0 Å². The zero-order valence-electron chi connectivity index (χ0n) is 16.6. The van der Waals surface area contributed by atoms with Crippen molar-refractivity contribution >= 4 is 17.3 Å². The molecular weight excluding hydrogens is 380 g/mol. The minimum absolute atomic E-state index is 0.266. The van der Waals surface area contributed by atoms with Gasteiger partial charge in [0.25, 0.3) is 0 Å². The Morgan fingerprint density at radius 2 is 1.90 bits per heavy atom. The van der Waals surface area contributed by atoms with Crippen LogP contribution in [0.1, 0.15) is 18.4 Å². The molecule has 1 fully saturated rings. The van der Waals surface area contributed by atoms with Gasteiger partial charge in [-0.1, -0.05) is 48.5 Å². The Labute approximate surface area is 177 Å². The summed E-state index contributed by atoms with van der Waals surface area (Å²) in [6.07, 6.45) is 4.59. The molecule has 3 aromatic rings. The predicted octanol–water partition coefficient (Wildman–Crippen LogP) is 4.02. The highest BCUT2D eigenvalue weighted by molar-refractivity contribution is 7.80. The van der Waals surface area contributed by atoms with Crippen LogP contribution in [-0.2, 0) is 11.3 Å². The van der Waals surface area contributed by atoms with Gasteiger partial charge in [-0.05, 0) is 37.2 Å². The zero-order chi connectivity index (χ0) is 20.1. The van der Waals surface area contributed by atoms with Crippen molar-refractivity contribution in [3.63, 3.8) is 0 Å². The first kappa shape index (κ1) is 19.6. The summed E-state index contributed by atoms with van der Waals surface area (Å²) < 4.78 is 7.62. The van der Waals surface area contributed by atoms with Gasteiger partial charge < -0.3 is 15.0 Å². The van der Waals surface area contributed by atoms with Crippen molar-refractivity contribution in [2.75, 3.05) is 20.2 Å². The Morgan fingerprint density at radius 3 is 2.59 bits per heavy atom. The Hall–Kier alpha value is -2.70. The second-order valence-corrected chi connectivity index (χ2v) is 7.71. The lowest BCUT2D eigenvalue weighted by Gasteiger charge is -2.22. The lowest BCUT2D eigenvalue weighted by atomic mass is 10.1. The molecule has 150 valence electrons. The fourth-order valence-electron chi connectivity index (χ4n) is 3.55. The van der Waals surface area contributed by atoms with E-state index in [-0.39, 0.29) is 6.10 Å². The molecule has 4 rings (SSSR count). The molecule has 1 aliphatic heterocycles. The Kier molecular flexibility index (Phi) is 6.22.